The third-order valence-corrected chi connectivity index (χ3v) is 3.04. The van der Waals surface area contributed by atoms with E-state index in [1.165, 1.54) is 0 Å². The van der Waals surface area contributed by atoms with Crippen molar-refractivity contribution in [3.8, 4) is 0 Å². The minimum Gasteiger partial charge on any atom is -0.325 e. The molecule has 0 radical (unpaired) electrons. The van der Waals surface area contributed by atoms with Crippen molar-refractivity contribution in [2.75, 3.05) is 11.9 Å². The average Bonchev–Trinajstić information content (AvgIpc) is 2.85. The van der Waals surface area contributed by atoms with Crippen molar-refractivity contribution in [3.63, 3.8) is 0 Å². The first-order valence-corrected chi connectivity index (χ1v) is 6.73. The van der Waals surface area contributed by atoms with Crippen molar-refractivity contribution in [3.05, 3.63) is 48.3 Å². The maximum Gasteiger partial charge on any atom is 0.241 e. The third kappa shape index (κ3) is 4.20. The van der Waals surface area contributed by atoms with Crippen molar-refractivity contribution in [2.45, 2.75) is 19.4 Å². The predicted octanol–water partition coefficient (Wildman–Crippen LogP) is 1.58. The lowest BCUT2D eigenvalue weighted by molar-refractivity contribution is -0.117. The number of carbonyl (C=O) groups is 1. The molecule has 5 nitrogen and oxygen atoms in total. The van der Waals surface area contributed by atoms with Gasteiger partial charge in [-0.3, -0.25) is 9.48 Å². The molecule has 0 saturated heterocycles. The minimum atomic E-state index is -0.237. The van der Waals surface area contributed by atoms with E-state index in [9.17, 15) is 4.79 Å². The SMILES string of the molecule is CC(NCCc1ccn(C)n1)C(=O)Nc1ccccc1. The van der Waals surface area contributed by atoms with Crippen molar-refractivity contribution < 1.29 is 4.79 Å². The van der Waals surface area contributed by atoms with Gasteiger partial charge in [0.2, 0.25) is 5.91 Å². The summed E-state index contributed by atoms with van der Waals surface area (Å²) in [4.78, 5) is 12.0. The van der Waals surface area contributed by atoms with Crippen LogP contribution in [0.25, 0.3) is 0 Å². The molecule has 20 heavy (non-hydrogen) atoms. The fourth-order valence-electron chi connectivity index (χ4n) is 1.88. The molecule has 1 aromatic heterocycles. The van der Waals surface area contributed by atoms with Gasteiger partial charge >= 0.3 is 0 Å². The summed E-state index contributed by atoms with van der Waals surface area (Å²) < 4.78 is 1.78. The number of para-hydroxylation sites is 1. The topological polar surface area (TPSA) is 59.0 Å². The van der Waals surface area contributed by atoms with Gasteiger partial charge in [-0.15, -0.1) is 0 Å². The summed E-state index contributed by atoms with van der Waals surface area (Å²) in [5.41, 5.74) is 1.84. The van der Waals surface area contributed by atoms with Crippen LogP contribution in [-0.2, 0) is 18.3 Å². The van der Waals surface area contributed by atoms with Gasteiger partial charge in [0.15, 0.2) is 0 Å². The third-order valence-electron chi connectivity index (χ3n) is 3.04. The Bertz CT molecular complexity index is 550. The van der Waals surface area contributed by atoms with Crippen LogP contribution >= 0.6 is 0 Å². The number of aryl methyl sites for hydroxylation is 1. The Hall–Kier alpha value is -2.14. The molecule has 5 heteroatoms. The number of benzene rings is 1. The number of aromatic nitrogens is 2. The maximum absolute atomic E-state index is 12.0. The number of amides is 1. The first kappa shape index (κ1) is 14.3. The first-order chi connectivity index (χ1) is 9.65. The molecule has 1 atom stereocenters. The summed E-state index contributed by atoms with van der Waals surface area (Å²) in [6.45, 7) is 2.58. The molecule has 0 bridgehead atoms. The number of hydrogen-bond acceptors (Lipinski definition) is 3. The zero-order valence-electron chi connectivity index (χ0n) is 11.8. The zero-order valence-corrected chi connectivity index (χ0v) is 11.8. The summed E-state index contributed by atoms with van der Waals surface area (Å²) in [6, 6.07) is 11.2. The summed E-state index contributed by atoms with van der Waals surface area (Å²) in [7, 11) is 1.90. The van der Waals surface area contributed by atoms with Crippen molar-refractivity contribution in [1.29, 1.82) is 0 Å². The van der Waals surface area contributed by atoms with E-state index in [-0.39, 0.29) is 11.9 Å². The molecule has 2 aromatic rings. The summed E-state index contributed by atoms with van der Waals surface area (Å²) in [6.07, 6.45) is 2.73. The van der Waals surface area contributed by atoms with Gasteiger partial charge in [0.1, 0.15) is 0 Å². The van der Waals surface area contributed by atoms with E-state index in [0.717, 1.165) is 24.3 Å². The lowest BCUT2D eigenvalue weighted by atomic mass is 10.2. The lowest BCUT2D eigenvalue weighted by Crippen LogP contribution is -2.39. The molecule has 2 rings (SSSR count). The van der Waals surface area contributed by atoms with Crippen LogP contribution in [-0.4, -0.2) is 28.3 Å². The number of hydrogen-bond donors (Lipinski definition) is 2. The summed E-state index contributed by atoms with van der Waals surface area (Å²) in [5, 5.41) is 10.4. The van der Waals surface area contributed by atoms with Crippen LogP contribution in [0.15, 0.2) is 42.6 Å². The van der Waals surface area contributed by atoms with Crippen LogP contribution in [0.5, 0.6) is 0 Å². The zero-order chi connectivity index (χ0) is 14.4. The highest BCUT2D eigenvalue weighted by atomic mass is 16.2. The van der Waals surface area contributed by atoms with E-state index in [4.69, 9.17) is 0 Å². The Morgan fingerprint density at radius 2 is 2.05 bits per heavy atom. The van der Waals surface area contributed by atoms with Gasteiger partial charge in [0.25, 0.3) is 0 Å². The predicted molar refractivity (Wildman–Crippen MR) is 79.4 cm³/mol. The molecule has 1 amide bonds. The van der Waals surface area contributed by atoms with Gasteiger partial charge in [-0.05, 0) is 25.1 Å². The van der Waals surface area contributed by atoms with Crippen molar-refractivity contribution >= 4 is 11.6 Å². The van der Waals surface area contributed by atoms with Gasteiger partial charge in [0.05, 0.1) is 11.7 Å². The Morgan fingerprint density at radius 1 is 1.30 bits per heavy atom. The highest BCUT2D eigenvalue weighted by Crippen LogP contribution is 2.05. The van der Waals surface area contributed by atoms with Crippen LogP contribution in [0.3, 0.4) is 0 Å². The van der Waals surface area contributed by atoms with E-state index in [2.05, 4.69) is 15.7 Å². The monoisotopic (exact) mass is 272 g/mol. The van der Waals surface area contributed by atoms with Crippen molar-refractivity contribution in [2.24, 2.45) is 7.05 Å². The maximum atomic E-state index is 12.0. The van der Waals surface area contributed by atoms with E-state index in [0.29, 0.717) is 0 Å². The standard InChI is InChI=1S/C15H20N4O/c1-12(15(20)17-13-6-4-3-5-7-13)16-10-8-14-9-11-19(2)18-14/h3-7,9,11-12,16H,8,10H2,1-2H3,(H,17,20). The molecule has 0 fully saturated rings. The minimum absolute atomic E-state index is 0.0304. The molecule has 1 heterocycles. The Morgan fingerprint density at radius 3 is 2.70 bits per heavy atom. The Balaban J connectivity index is 1.74. The van der Waals surface area contributed by atoms with Crippen LogP contribution in [0, 0.1) is 0 Å². The number of nitrogens with one attached hydrogen (secondary N) is 2. The average molecular weight is 272 g/mol. The van der Waals surface area contributed by atoms with Crippen LogP contribution < -0.4 is 10.6 Å². The molecule has 2 N–H and O–H groups in total. The van der Waals surface area contributed by atoms with Gasteiger partial charge in [-0.2, -0.15) is 5.10 Å². The molecule has 1 unspecified atom stereocenters. The molecule has 0 aliphatic heterocycles. The highest BCUT2D eigenvalue weighted by molar-refractivity contribution is 5.94. The Labute approximate surface area is 119 Å². The number of nitrogens with zero attached hydrogens (tertiary/aromatic N) is 2. The summed E-state index contributed by atoms with van der Waals surface area (Å²) in [5.74, 6) is -0.0304. The van der Waals surface area contributed by atoms with Crippen LogP contribution in [0.2, 0.25) is 0 Å². The first-order valence-electron chi connectivity index (χ1n) is 6.73. The summed E-state index contributed by atoms with van der Waals surface area (Å²) >= 11 is 0. The van der Waals surface area contributed by atoms with Gasteiger partial charge < -0.3 is 10.6 Å². The van der Waals surface area contributed by atoms with Crippen LogP contribution in [0.1, 0.15) is 12.6 Å². The van der Waals surface area contributed by atoms with E-state index in [1.807, 2.05) is 56.6 Å². The number of anilines is 1. The van der Waals surface area contributed by atoms with E-state index >= 15 is 0 Å². The lowest BCUT2D eigenvalue weighted by Gasteiger charge is -2.13. The normalized spacial score (nSPS) is 12.1. The van der Waals surface area contributed by atoms with E-state index in [1.54, 1.807) is 4.68 Å². The molecule has 0 aliphatic rings. The van der Waals surface area contributed by atoms with Gasteiger partial charge in [-0.25, -0.2) is 0 Å². The number of rotatable bonds is 6. The van der Waals surface area contributed by atoms with Crippen molar-refractivity contribution in [1.82, 2.24) is 15.1 Å². The second-order valence-electron chi connectivity index (χ2n) is 4.76. The molecule has 0 spiro atoms. The quantitative estimate of drug-likeness (QED) is 0.839. The molecule has 106 valence electrons. The van der Waals surface area contributed by atoms with E-state index < -0.39 is 0 Å². The molecule has 0 aliphatic carbocycles. The fourth-order valence-corrected chi connectivity index (χ4v) is 1.88. The molecular formula is C15H20N4O. The fraction of sp³-hybridized carbons (Fsp3) is 0.333. The molecular weight excluding hydrogens is 252 g/mol. The van der Waals surface area contributed by atoms with Crippen LogP contribution in [0.4, 0.5) is 5.69 Å². The number of carbonyl (C=O) groups excluding carboxylic acids is 1. The Kier molecular flexibility index (Phi) is 4.90. The molecule has 0 saturated carbocycles. The van der Waals surface area contributed by atoms with Gasteiger partial charge in [-0.1, -0.05) is 18.2 Å². The molecule has 1 aromatic carbocycles. The largest absolute Gasteiger partial charge is 0.325 e. The smallest absolute Gasteiger partial charge is 0.241 e. The second kappa shape index (κ2) is 6.86. The second-order valence-corrected chi connectivity index (χ2v) is 4.76. The highest BCUT2D eigenvalue weighted by Gasteiger charge is 2.11. The van der Waals surface area contributed by atoms with Gasteiger partial charge in [0, 0.05) is 31.9 Å².